The molecule has 6 heteroatoms. The number of likely N-dealkylation sites (tertiary alicyclic amines) is 1. The van der Waals surface area contributed by atoms with Gasteiger partial charge in [-0.1, -0.05) is 0 Å². The summed E-state index contributed by atoms with van der Waals surface area (Å²) in [4.78, 5) is 25.9. The average molecular weight is 257 g/mol. The number of amides is 2. The topological polar surface area (TPSA) is 72.9 Å². The first kappa shape index (κ1) is 14.8. The van der Waals surface area contributed by atoms with Crippen LogP contribution in [0.2, 0.25) is 0 Å². The van der Waals surface area contributed by atoms with Gasteiger partial charge < -0.3 is 20.2 Å². The average Bonchev–Trinajstić information content (AvgIpc) is 2.21. The molecule has 104 valence electrons. The van der Waals surface area contributed by atoms with Gasteiger partial charge in [0.25, 0.3) is 0 Å². The van der Waals surface area contributed by atoms with Gasteiger partial charge in [-0.2, -0.15) is 0 Å². The number of urea groups is 1. The van der Waals surface area contributed by atoms with Gasteiger partial charge in [-0.05, 0) is 20.9 Å². The minimum Gasteiger partial charge on any atom is -0.481 e. The third-order valence-corrected chi connectivity index (χ3v) is 3.33. The number of hydrogen-bond acceptors (Lipinski definition) is 3. The Labute approximate surface area is 108 Å². The first-order valence-corrected chi connectivity index (χ1v) is 6.35. The molecule has 1 rings (SSSR count). The second kappa shape index (κ2) is 6.58. The Morgan fingerprint density at radius 3 is 2.56 bits per heavy atom. The largest absolute Gasteiger partial charge is 0.481 e. The van der Waals surface area contributed by atoms with E-state index in [-0.39, 0.29) is 18.4 Å². The minimum atomic E-state index is -0.793. The predicted molar refractivity (Wildman–Crippen MR) is 68.5 cm³/mol. The number of hydrogen-bond donors (Lipinski definition) is 2. The van der Waals surface area contributed by atoms with Crippen LogP contribution in [-0.2, 0) is 4.79 Å². The van der Waals surface area contributed by atoms with Gasteiger partial charge in [-0.3, -0.25) is 4.79 Å². The summed E-state index contributed by atoms with van der Waals surface area (Å²) < 4.78 is 0. The SMILES string of the molecule is CC(C)N(C)CCNC(=O)N1CC(CC(=O)O)C1. The number of likely N-dealkylation sites (N-methyl/N-ethyl adjacent to an activating group) is 1. The molecular formula is C12H23N3O3. The summed E-state index contributed by atoms with van der Waals surface area (Å²) in [6, 6.07) is 0.375. The summed E-state index contributed by atoms with van der Waals surface area (Å²) in [5.41, 5.74) is 0. The molecule has 1 fully saturated rings. The molecule has 0 aromatic rings. The maximum Gasteiger partial charge on any atom is 0.317 e. The highest BCUT2D eigenvalue weighted by atomic mass is 16.4. The van der Waals surface area contributed by atoms with Crippen molar-refractivity contribution in [1.29, 1.82) is 0 Å². The molecule has 1 saturated heterocycles. The van der Waals surface area contributed by atoms with Crippen LogP contribution in [0.15, 0.2) is 0 Å². The number of rotatable bonds is 6. The van der Waals surface area contributed by atoms with Crippen molar-refractivity contribution >= 4 is 12.0 Å². The molecule has 0 saturated carbocycles. The highest BCUT2D eigenvalue weighted by Crippen LogP contribution is 2.18. The second-order valence-corrected chi connectivity index (χ2v) is 5.18. The van der Waals surface area contributed by atoms with Crippen LogP contribution in [0.1, 0.15) is 20.3 Å². The maximum atomic E-state index is 11.7. The van der Waals surface area contributed by atoms with E-state index in [9.17, 15) is 9.59 Å². The van der Waals surface area contributed by atoms with Crippen molar-refractivity contribution in [3.05, 3.63) is 0 Å². The van der Waals surface area contributed by atoms with Gasteiger partial charge in [-0.15, -0.1) is 0 Å². The Hall–Kier alpha value is -1.30. The van der Waals surface area contributed by atoms with E-state index in [2.05, 4.69) is 24.1 Å². The highest BCUT2D eigenvalue weighted by molar-refractivity contribution is 5.75. The lowest BCUT2D eigenvalue weighted by molar-refractivity contribution is -0.139. The fraction of sp³-hybridized carbons (Fsp3) is 0.833. The monoisotopic (exact) mass is 257 g/mol. The van der Waals surface area contributed by atoms with E-state index in [4.69, 9.17) is 5.11 Å². The summed E-state index contributed by atoms with van der Waals surface area (Å²) in [5.74, 6) is -0.676. The Balaban J connectivity index is 2.11. The van der Waals surface area contributed by atoms with Crippen LogP contribution in [0, 0.1) is 5.92 Å². The molecule has 0 aromatic carbocycles. The number of carbonyl (C=O) groups excluding carboxylic acids is 1. The summed E-state index contributed by atoms with van der Waals surface area (Å²) in [5, 5.41) is 11.4. The van der Waals surface area contributed by atoms with Crippen LogP contribution in [0.4, 0.5) is 4.79 Å². The molecule has 0 unspecified atom stereocenters. The summed E-state index contributed by atoms with van der Waals surface area (Å²) in [6.07, 6.45) is 0.153. The normalized spacial score (nSPS) is 15.9. The predicted octanol–water partition coefficient (Wildman–Crippen LogP) is 0.443. The zero-order valence-electron chi connectivity index (χ0n) is 11.3. The van der Waals surface area contributed by atoms with Crippen LogP contribution >= 0.6 is 0 Å². The lowest BCUT2D eigenvalue weighted by atomic mass is 9.97. The molecule has 0 aliphatic carbocycles. The Kier molecular flexibility index (Phi) is 5.40. The van der Waals surface area contributed by atoms with Crippen LogP contribution < -0.4 is 5.32 Å². The number of carboxylic acid groups (broad SMARTS) is 1. The van der Waals surface area contributed by atoms with Gasteiger partial charge in [0, 0.05) is 38.1 Å². The van der Waals surface area contributed by atoms with Gasteiger partial charge in [0.1, 0.15) is 0 Å². The van der Waals surface area contributed by atoms with Gasteiger partial charge >= 0.3 is 12.0 Å². The maximum absolute atomic E-state index is 11.7. The molecule has 18 heavy (non-hydrogen) atoms. The molecule has 0 radical (unpaired) electrons. The van der Waals surface area contributed by atoms with E-state index in [1.807, 2.05) is 7.05 Å². The third kappa shape index (κ3) is 4.52. The molecule has 0 aromatic heterocycles. The highest BCUT2D eigenvalue weighted by Gasteiger charge is 2.31. The van der Waals surface area contributed by atoms with Crippen molar-refractivity contribution in [2.45, 2.75) is 26.3 Å². The van der Waals surface area contributed by atoms with Gasteiger partial charge in [0.2, 0.25) is 0 Å². The summed E-state index contributed by atoms with van der Waals surface area (Å²) >= 11 is 0. The number of nitrogens with one attached hydrogen (secondary N) is 1. The van der Waals surface area contributed by atoms with Crippen molar-refractivity contribution in [3.63, 3.8) is 0 Å². The fourth-order valence-corrected chi connectivity index (χ4v) is 1.82. The van der Waals surface area contributed by atoms with Crippen molar-refractivity contribution in [1.82, 2.24) is 15.1 Å². The molecule has 6 nitrogen and oxygen atoms in total. The van der Waals surface area contributed by atoms with Crippen LogP contribution in [-0.4, -0.2) is 66.2 Å². The van der Waals surface area contributed by atoms with Crippen molar-refractivity contribution in [3.8, 4) is 0 Å². The number of aliphatic carboxylic acids is 1. The second-order valence-electron chi connectivity index (χ2n) is 5.18. The lowest BCUT2D eigenvalue weighted by Crippen LogP contribution is -2.55. The van der Waals surface area contributed by atoms with Gasteiger partial charge in [0.15, 0.2) is 0 Å². The Bertz CT molecular complexity index is 301. The fourth-order valence-electron chi connectivity index (χ4n) is 1.82. The van der Waals surface area contributed by atoms with Gasteiger partial charge in [0.05, 0.1) is 6.42 Å². The number of carbonyl (C=O) groups is 2. The van der Waals surface area contributed by atoms with Crippen LogP contribution in [0.5, 0.6) is 0 Å². The molecule has 1 aliphatic rings. The van der Waals surface area contributed by atoms with E-state index >= 15 is 0 Å². The van der Waals surface area contributed by atoms with Crippen molar-refractivity contribution in [2.75, 3.05) is 33.2 Å². The standard InChI is InChI=1S/C12H23N3O3/c1-9(2)14(3)5-4-13-12(18)15-7-10(8-15)6-11(16)17/h9-10H,4-8H2,1-3H3,(H,13,18)(H,16,17). The number of nitrogens with zero attached hydrogens (tertiary/aromatic N) is 2. The van der Waals surface area contributed by atoms with E-state index in [1.54, 1.807) is 4.90 Å². The Morgan fingerprint density at radius 2 is 2.06 bits per heavy atom. The molecule has 0 atom stereocenters. The molecule has 2 N–H and O–H groups in total. The quantitative estimate of drug-likeness (QED) is 0.724. The lowest BCUT2D eigenvalue weighted by Gasteiger charge is -2.38. The zero-order chi connectivity index (χ0) is 13.7. The minimum absolute atomic E-state index is 0.0891. The van der Waals surface area contributed by atoms with Crippen molar-refractivity contribution in [2.24, 2.45) is 5.92 Å². The smallest absolute Gasteiger partial charge is 0.317 e. The molecule has 2 amide bonds. The molecular weight excluding hydrogens is 234 g/mol. The summed E-state index contributed by atoms with van der Waals surface area (Å²) in [6.45, 7) is 6.75. The molecule has 0 bridgehead atoms. The Morgan fingerprint density at radius 1 is 1.44 bits per heavy atom. The molecule has 0 spiro atoms. The van der Waals surface area contributed by atoms with Crippen LogP contribution in [0.3, 0.4) is 0 Å². The first-order valence-electron chi connectivity index (χ1n) is 6.35. The van der Waals surface area contributed by atoms with E-state index in [1.165, 1.54) is 0 Å². The third-order valence-electron chi connectivity index (χ3n) is 3.33. The molecule has 1 aliphatic heterocycles. The molecule has 1 heterocycles. The van der Waals surface area contributed by atoms with E-state index in [0.717, 1.165) is 6.54 Å². The summed E-state index contributed by atoms with van der Waals surface area (Å²) in [7, 11) is 2.02. The van der Waals surface area contributed by atoms with Crippen LogP contribution in [0.25, 0.3) is 0 Å². The van der Waals surface area contributed by atoms with E-state index in [0.29, 0.717) is 25.7 Å². The van der Waals surface area contributed by atoms with Crippen molar-refractivity contribution < 1.29 is 14.7 Å². The zero-order valence-corrected chi connectivity index (χ0v) is 11.3. The first-order chi connectivity index (χ1) is 8.40. The number of carboxylic acids is 1. The van der Waals surface area contributed by atoms with Gasteiger partial charge in [-0.25, -0.2) is 4.79 Å². The van der Waals surface area contributed by atoms with E-state index < -0.39 is 5.97 Å².